The molecule has 3 atom stereocenters. The third-order valence-electron chi connectivity index (χ3n) is 10.2. The number of nitrogens with one attached hydrogen (secondary N) is 1. The zero-order valence-electron chi connectivity index (χ0n) is 26.6. The summed E-state index contributed by atoms with van der Waals surface area (Å²) in [4.78, 5) is 27.5. The van der Waals surface area contributed by atoms with Crippen LogP contribution >= 0.6 is 0 Å². The summed E-state index contributed by atoms with van der Waals surface area (Å²) in [5.74, 6) is 1.29. The van der Waals surface area contributed by atoms with Gasteiger partial charge in [-0.3, -0.25) is 14.3 Å². The van der Waals surface area contributed by atoms with E-state index < -0.39 is 11.2 Å². The van der Waals surface area contributed by atoms with E-state index in [4.69, 9.17) is 9.26 Å². The van der Waals surface area contributed by atoms with Gasteiger partial charge in [-0.1, -0.05) is 63.9 Å². The Bertz CT molecular complexity index is 1500. The number of aromatic nitrogens is 2. The summed E-state index contributed by atoms with van der Waals surface area (Å²) in [5, 5.41) is 3.96. The normalized spacial score (nSPS) is 20.2. The number of carbonyl (C=O) groups is 1. The molecule has 0 aliphatic heterocycles. The molecule has 43 heavy (non-hydrogen) atoms. The molecule has 3 aromatic rings. The van der Waals surface area contributed by atoms with Gasteiger partial charge in [0.15, 0.2) is 5.82 Å². The van der Waals surface area contributed by atoms with Crippen molar-refractivity contribution in [3.63, 3.8) is 0 Å². The minimum Gasteiger partial charge on any atom is -0.490 e. The summed E-state index contributed by atoms with van der Waals surface area (Å²) in [6, 6.07) is 11.3. The number of carbonyl (C=O) groups excluding carboxylic acids is 1. The average molecular weight is 591 g/mol. The summed E-state index contributed by atoms with van der Waals surface area (Å²) < 4.78 is 26.9. The molecule has 1 heterocycles. The third kappa shape index (κ3) is 6.81. The maximum Gasteiger partial charge on any atom is 0.438 e. The number of aromatic amines is 1. The van der Waals surface area contributed by atoms with Crippen LogP contribution in [0.1, 0.15) is 122 Å². The molecule has 7 heteroatoms. The Labute approximate surface area is 254 Å². The van der Waals surface area contributed by atoms with E-state index in [9.17, 15) is 9.59 Å². The van der Waals surface area contributed by atoms with Crippen LogP contribution in [0.3, 0.4) is 0 Å². The highest BCUT2D eigenvalue weighted by atomic mass is 19.1. The Morgan fingerprint density at radius 1 is 1.12 bits per heavy atom. The average Bonchev–Trinajstić information content (AvgIpc) is 3.57. The van der Waals surface area contributed by atoms with E-state index in [-0.39, 0.29) is 29.2 Å². The molecular formula is C36H47FN2O4. The quantitative estimate of drug-likeness (QED) is 0.228. The van der Waals surface area contributed by atoms with Crippen LogP contribution in [0.2, 0.25) is 0 Å². The van der Waals surface area contributed by atoms with Gasteiger partial charge >= 0.3 is 5.76 Å². The van der Waals surface area contributed by atoms with Crippen molar-refractivity contribution in [2.75, 3.05) is 0 Å². The van der Waals surface area contributed by atoms with Crippen molar-refractivity contribution in [1.82, 2.24) is 10.1 Å². The van der Waals surface area contributed by atoms with Gasteiger partial charge in [0.2, 0.25) is 0 Å². The fourth-order valence-corrected chi connectivity index (χ4v) is 6.83. The predicted octanol–water partition coefficient (Wildman–Crippen LogP) is 8.73. The molecule has 5 rings (SSSR count). The number of benzene rings is 2. The lowest BCUT2D eigenvalue weighted by Crippen LogP contribution is -2.23. The summed E-state index contributed by atoms with van der Waals surface area (Å²) in [6.45, 7) is 12.7. The minimum absolute atomic E-state index is 0.00888. The number of Topliss-reactive ketones (excluding diaryl/α,β-unsaturated/α-hetero) is 1. The zero-order chi connectivity index (χ0) is 30.9. The second-order valence-corrected chi connectivity index (χ2v) is 14.3. The Hall–Kier alpha value is -3.22. The number of H-pyrrole nitrogens is 1. The highest BCUT2D eigenvalue weighted by Gasteiger charge is 2.34. The summed E-state index contributed by atoms with van der Waals surface area (Å²) in [7, 11) is 0. The molecule has 6 nitrogen and oxygen atoms in total. The molecule has 1 N–H and O–H groups in total. The van der Waals surface area contributed by atoms with Gasteiger partial charge in [0.1, 0.15) is 17.3 Å². The standard InChI is InChI=1S/C36H47FN2O4/c1-7-35(3,4)21-22(2)30(40)19-23-14-16-26(18-23)42-31-17-15-25(36(5,6)33-38-34(41)43-39-33)20-28(31)27-12-9-13-29(37)32(27)24-10-8-11-24/h9,12-13,15,17,20,22-24,26H,7-8,10-11,14,16,18-19,21H2,1-6H3,(H,38,39,41)/t22-,23+,26+/m0/s1. The Morgan fingerprint density at radius 2 is 1.88 bits per heavy atom. The molecule has 232 valence electrons. The van der Waals surface area contributed by atoms with Crippen molar-refractivity contribution in [3.8, 4) is 16.9 Å². The number of halogens is 1. The van der Waals surface area contributed by atoms with E-state index in [1.165, 1.54) is 0 Å². The summed E-state index contributed by atoms with van der Waals surface area (Å²) in [6.07, 6.45) is 8.31. The van der Waals surface area contributed by atoms with Gasteiger partial charge in [-0.2, -0.15) is 0 Å². The van der Waals surface area contributed by atoms with Gasteiger partial charge in [0.25, 0.3) is 0 Å². The van der Waals surface area contributed by atoms with Crippen molar-refractivity contribution in [1.29, 1.82) is 0 Å². The number of ketones is 1. The summed E-state index contributed by atoms with van der Waals surface area (Å²) >= 11 is 0. The Morgan fingerprint density at radius 3 is 2.53 bits per heavy atom. The van der Waals surface area contributed by atoms with Crippen LogP contribution in [0, 0.1) is 23.1 Å². The van der Waals surface area contributed by atoms with Crippen LogP contribution in [0.5, 0.6) is 5.75 Å². The second kappa shape index (κ2) is 12.4. The molecule has 2 fully saturated rings. The first-order valence-electron chi connectivity index (χ1n) is 16.1. The van der Waals surface area contributed by atoms with Gasteiger partial charge < -0.3 is 4.74 Å². The number of ether oxygens (including phenoxy) is 1. The molecule has 0 amide bonds. The van der Waals surface area contributed by atoms with Crippen molar-refractivity contribution in [2.24, 2.45) is 17.3 Å². The van der Waals surface area contributed by atoms with Crippen LogP contribution in [-0.4, -0.2) is 22.0 Å². The number of rotatable bonds is 12. The van der Waals surface area contributed by atoms with E-state index >= 15 is 4.39 Å². The molecule has 0 spiro atoms. The second-order valence-electron chi connectivity index (χ2n) is 14.3. The monoisotopic (exact) mass is 590 g/mol. The van der Waals surface area contributed by atoms with E-state index in [2.05, 4.69) is 37.8 Å². The molecule has 2 aliphatic rings. The molecule has 2 saturated carbocycles. The smallest absolute Gasteiger partial charge is 0.438 e. The fourth-order valence-electron chi connectivity index (χ4n) is 6.83. The molecule has 0 radical (unpaired) electrons. The fraction of sp³-hybridized carbons (Fsp3) is 0.583. The van der Waals surface area contributed by atoms with E-state index in [0.717, 1.165) is 79.4 Å². The molecule has 2 aliphatic carbocycles. The van der Waals surface area contributed by atoms with Crippen LogP contribution in [0.25, 0.3) is 11.1 Å². The van der Waals surface area contributed by atoms with Crippen LogP contribution in [0.4, 0.5) is 4.39 Å². The van der Waals surface area contributed by atoms with Crippen molar-refractivity contribution in [3.05, 3.63) is 69.7 Å². The van der Waals surface area contributed by atoms with Gasteiger partial charge in [-0.15, -0.1) is 0 Å². The van der Waals surface area contributed by atoms with E-state index in [1.54, 1.807) is 12.1 Å². The molecule has 2 aromatic carbocycles. The van der Waals surface area contributed by atoms with Crippen LogP contribution in [0.15, 0.2) is 45.7 Å². The molecule has 0 unspecified atom stereocenters. The lowest BCUT2D eigenvalue weighted by Gasteiger charge is -2.30. The van der Waals surface area contributed by atoms with Crippen molar-refractivity contribution >= 4 is 5.78 Å². The number of hydrogen-bond acceptors (Lipinski definition) is 5. The lowest BCUT2D eigenvalue weighted by molar-refractivity contribution is -0.124. The van der Waals surface area contributed by atoms with Gasteiger partial charge in [-0.25, -0.2) is 9.18 Å². The molecular weight excluding hydrogens is 543 g/mol. The third-order valence-corrected chi connectivity index (χ3v) is 10.2. The van der Waals surface area contributed by atoms with Crippen molar-refractivity contribution in [2.45, 2.75) is 117 Å². The highest BCUT2D eigenvalue weighted by Crippen LogP contribution is 2.46. The summed E-state index contributed by atoms with van der Waals surface area (Å²) in [5.41, 5.74) is 2.86. The topological polar surface area (TPSA) is 85.2 Å². The highest BCUT2D eigenvalue weighted by molar-refractivity contribution is 5.81. The lowest BCUT2D eigenvalue weighted by atomic mass is 9.76. The SMILES string of the molecule is CCC(C)(C)C[C@H](C)C(=O)C[C@@H]1CC[C@@H](Oc2ccc(C(C)(C)c3noc(=O)[nH]3)cc2-c2cccc(F)c2C2CCC2)C1. The predicted molar refractivity (Wildman–Crippen MR) is 167 cm³/mol. The minimum atomic E-state index is -0.661. The Balaban J connectivity index is 1.41. The first kappa shape index (κ1) is 31.2. The molecule has 0 bridgehead atoms. The largest absolute Gasteiger partial charge is 0.490 e. The van der Waals surface area contributed by atoms with Gasteiger partial charge in [0.05, 0.1) is 11.5 Å². The van der Waals surface area contributed by atoms with E-state index in [0.29, 0.717) is 23.9 Å². The maximum atomic E-state index is 15.4. The Kier molecular flexibility index (Phi) is 9.01. The number of hydrogen-bond donors (Lipinski definition) is 1. The zero-order valence-corrected chi connectivity index (χ0v) is 26.6. The first-order chi connectivity index (χ1) is 20.4. The van der Waals surface area contributed by atoms with E-state index in [1.807, 2.05) is 38.1 Å². The number of nitrogens with zero attached hydrogens (tertiary/aromatic N) is 1. The maximum absolute atomic E-state index is 15.4. The van der Waals surface area contributed by atoms with Crippen molar-refractivity contribution < 1.29 is 18.4 Å². The molecule has 1 aromatic heterocycles. The first-order valence-corrected chi connectivity index (χ1v) is 16.1. The molecule has 0 saturated heterocycles. The van der Waals surface area contributed by atoms with Crippen LogP contribution < -0.4 is 10.5 Å². The van der Waals surface area contributed by atoms with Crippen LogP contribution in [-0.2, 0) is 10.2 Å². The van der Waals surface area contributed by atoms with Gasteiger partial charge in [-0.05, 0) is 105 Å². The van der Waals surface area contributed by atoms with Gasteiger partial charge in [0, 0.05) is 17.9 Å².